The van der Waals surface area contributed by atoms with Crippen molar-refractivity contribution >= 4 is 23.1 Å². The Hall–Kier alpha value is -4.33. The molecule has 0 bridgehead atoms. The van der Waals surface area contributed by atoms with E-state index in [9.17, 15) is 29.3 Å². The smallest absolute Gasteiger partial charge is 0.300 e. The number of amides is 1. The minimum absolute atomic E-state index is 0.0354. The van der Waals surface area contributed by atoms with Crippen LogP contribution in [0, 0.1) is 5.82 Å². The molecule has 3 aromatic rings. The molecule has 162 valence electrons. The predicted molar refractivity (Wildman–Crippen MR) is 114 cm³/mol. The normalized spacial score (nSPS) is 17.6. The number of carbonyl (C=O) groups excluding carboxylic acids is 2. The molecule has 0 aromatic heterocycles. The van der Waals surface area contributed by atoms with Gasteiger partial charge in [-0.15, -0.1) is 0 Å². The molecule has 0 saturated carbocycles. The maximum absolute atomic E-state index is 14.0. The predicted octanol–water partition coefficient (Wildman–Crippen LogP) is 3.87. The molecule has 1 aliphatic heterocycles. The lowest BCUT2D eigenvalue weighted by molar-refractivity contribution is -0.132. The molecule has 4 rings (SSSR count). The Balaban J connectivity index is 2.02. The van der Waals surface area contributed by atoms with Gasteiger partial charge in [-0.1, -0.05) is 24.3 Å². The van der Waals surface area contributed by atoms with Crippen LogP contribution in [0.15, 0.2) is 72.3 Å². The van der Waals surface area contributed by atoms with Gasteiger partial charge in [-0.3, -0.25) is 14.5 Å². The summed E-state index contributed by atoms with van der Waals surface area (Å²) in [6, 6.07) is 13.9. The number of ether oxygens (including phenoxy) is 1. The fourth-order valence-corrected chi connectivity index (χ4v) is 3.77. The maximum Gasteiger partial charge on any atom is 0.300 e. The largest absolute Gasteiger partial charge is 0.508 e. The van der Waals surface area contributed by atoms with Crippen LogP contribution in [0.5, 0.6) is 17.2 Å². The lowest BCUT2D eigenvalue weighted by Gasteiger charge is -2.26. The Bertz CT molecular complexity index is 1270. The molecule has 1 amide bonds. The summed E-state index contributed by atoms with van der Waals surface area (Å²) in [5.74, 6) is -3.67. The Morgan fingerprint density at radius 2 is 1.75 bits per heavy atom. The highest BCUT2D eigenvalue weighted by Crippen LogP contribution is 2.45. The van der Waals surface area contributed by atoms with E-state index >= 15 is 0 Å². The number of aromatic hydroxyl groups is 2. The number of anilines is 1. The summed E-state index contributed by atoms with van der Waals surface area (Å²) in [5.41, 5.74) is -0.127. The fourth-order valence-electron chi connectivity index (χ4n) is 3.77. The van der Waals surface area contributed by atoms with Gasteiger partial charge in [0.2, 0.25) is 0 Å². The van der Waals surface area contributed by atoms with E-state index in [4.69, 9.17) is 4.74 Å². The molecule has 1 fully saturated rings. The van der Waals surface area contributed by atoms with Crippen LogP contribution < -0.4 is 9.64 Å². The molecule has 1 unspecified atom stereocenters. The van der Waals surface area contributed by atoms with Crippen molar-refractivity contribution in [3.05, 3.63) is 89.2 Å². The van der Waals surface area contributed by atoms with E-state index in [0.29, 0.717) is 5.56 Å². The highest BCUT2D eigenvalue weighted by Gasteiger charge is 2.48. The molecular formula is C24H18FNO6. The van der Waals surface area contributed by atoms with Crippen molar-refractivity contribution < 1.29 is 34.0 Å². The minimum Gasteiger partial charge on any atom is -0.508 e. The number of phenols is 2. The Kier molecular flexibility index (Phi) is 5.28. The third-order valence-corrected chi connectivity index (χ3v) is 5.19. The number of hydrogen-bond acceptors (Lipinski definition) is 6. The van der Waals surface area contributed by atoms with Crippen molar-refractivity contribution in [2.24, 2.45) is 0 Å². The number of aliphatic hydroxyl groups is 1. The number of para-hydroxylation sites is 2. The number of Topliss-reactive ketones (excluding diaryl/α,β-unsaturated/α-hetero) is 1. The van der Waals surface area contributed by atoms with Crippen LogP contribution in [0.4, 0.5) is 10.1 Å². The number of ketones is 1. The molecule has 8 heteroatoms. The van der Waals surface area contributed by atoms with Gasteiger partial charge in [-0.2, -0.15) is 0 Å². The zero-order valence-corrected chi connectivity index (χ0v) is 16.8. The quantitative estimate of drug-likeness (QED) is 0.326. The monoisotopic (exact) mass is 435 g/mol. The number of halogens is 1. The van der Waals surface area contributed by atoms with Crippen LogP contribution in [0.3, 0.4) is 0 Å². The molecule has 0 radical (unpaired) electrons. The van der Waals surface area contributed by atoms with Gasteiger partial charge in [-0.25, -0.2) is 4.39 Å². The van der Waals surface area contributed by atoms with Gasteiger partial charge in [0, 0.05) is 0 Å². The van der Waals surface area contributed by atoms with Crippen LogP contribution in [0.2, 0.25) is 0 Å². The van der Waals surface area contributed by atoms with Crippen LogP contribution in [-0.4, -0.2) is 34.1 Å². The van der Waals surface area contributed by atoms with Gasteiger partial charge in [0.15, 0.2) is 0 Å². The number of carbonyl (C=O) groups is 2. The number of rotatable bonds is 4. The summed E-state index contributed by atoms with van der Waals surface area (Å²) in [6.45, 7) is 0. The van der Waals surface area contributed by atoms with Gasteiger partial charge in [0.1, 0.15) is 28.8 Å². The van der Waals surface area contributed by atoms with Gasteiger partial charge in [0.05, 0.1) is 30.0 Å². The zero-order chi connectivity index (χ0) is 23.0. The van der Waals surface area contributed by atoms with Crippen molar-refractivity contribution in [3.8, 4) is 17.2 Å². The fraction of sp³-hybridized carbons (Fsp3) is 0.0833. The van der Waals surface area contributed by atoms with E-state index < -0.39 is 29.3 Å². The summed E-state index contributed by atoms with van der Waals surface area (Å²) >= 11 is 0. The summed E-state index contributed by atoms with van der Waals surface area (Å²) in [6.07, 6.45) is 0. The van der Waals surface area contributed by atoms with Gasteiger partial charge >= 0.3 is 0 Å². The van der Waals surface area contributed by atoms with Crippen LogP contribution in [0.1, 0.15) is 17.2 Å². The topological polar surface area (TPSA) is 107 Å². The van der Waals surface area contributed by atoms with Gasteiger partial charge < -0.3 is 20.1 Å². The molecule has 1 aliphatic rings. The van der Waals surface area contributed by atoms with Crippen molar-refractivity contribution in [3.63, 3.8) is 0 Å². The highest BCUT2D eigenvalue weighted by molar-refractivity contribution is 6.52. The summed E-state index contributed by atoms with van der Waals surface area (Å²) in [5, 5.41) is 31.4. The molecule has 3 N–H and O–H groups in total. The lowest BCUT2D eigenvalue weighted by Crippen LogP contribution is -2.29. The van der Waals surface area contributed by atoms with E-state index in [0.717, 1.165) is 17.0 Å². The van der Waals surface area contributed by atoms with Crippen LogP contribution >= 0.6 is 0 Å². The summed E-state index contributed by atoms with van der Waals surface area (Å²) in [4.78, 5) is 27.2. The van der Waals surface area contributed by atoms with Crippen molar-refractivity contribution in [2.75, 3.05) is 12.0 Å². The number of benzene rings is 3. The molecule has 0 spiro atoms. The van der Waals surface area contributed by atoms with Crippen molar-refractivity contribution in [1.82, 2.24) is 0 Å². The van der Waals surface area contributed by atoms with Crippen LogP contribution in [-0.2, 0) is 9.59 Å². The number of phenolic OH excluding ortho intramolecular Hbond substituents is 2. The third-order valence-electron chi connectivity index (χ3n) is 5.19. The number of aliphatic hydroxyl groups excluding tert-OH is 1. The number of hydrogen-bond donors (Lipinski definition) is 3. The molecule has 32 heavy (non-hydrogen) atoms. The molecule has 0 aliphatic carbocycles. The summed E-state index contributed by atoms with van der Waals surface area (Å²) in [7, 11) is 1.32. The first kappa shape index (κ1) is 20.9. The lowest BCUT2D eigenvalue weighted by atomic mass is 9.94. The van der Waals surface area contributed by atoms with E-state index in [2.05, 4.69) is 0 Å². The zero-order valence-electron chi connectivity index (χ0n) is 16.8. The molecule has 1 atom stereocenters. The second kappa shape index (κ2) is 8.07. The Morgan fingerprint density at radius 1 is 1.00 bits per heavy atom. The van der Waals surface area contributed by atoms with Gasteiger partial charge in [0.25, 0.3) is 11.7 Å². The first-order valence-electron chi connectivity index (χ1n) is 9.55. The first-order valence-corrected chi connectivity index (χ1v) is 9.55. The minimum atomic E-state index is -1.21. The number of methoxy groups -OCH3 is 1. The molecule has 1 heterocycles. The van der Waals surface area contributed by atoms with E-state index in [1.165, 1.54) is 43.5 Å². The molecule has 3 aromatic carbocycles. The van der Waals surface area contributed by atoms with Crippen molar-refractivity contribution in [1.29, 1.82) is 0 Å². The highest BCUT2D eigenvalue weighted by atomic mass is 19.1. The standard InChI is InChI=1S/C24H18FNO6/c1-32-19-10-9-14(25)12-16(19)22(29)20-21(13-5-4-6-15(27)11-13)26(24(31)23(20)30)17-7-2-3-8-18(17)28/h2-12,21,27-29H,1H3/b22-20+. The molecule has 7 nitrogen and oxygen atoms in total. The van der Waals surface area contributed by atoms with Gasteiger partial charge in [-0.05, 0) is 48.0 Å². The van der Waals surface area contributed by atoms with Crippen LogP contribution in [0.25, 0.3) is 5.76 Å². The van der Waals surface area contributed by atoms with Crippen molar-refractivity contribution in [2.45, 2.75) is 6.04 Å². The average Bonchev–Trinajstić information content (AvgIpc) is 3.04. The Morgan fingerprint density at radius 3 is 2.44 bits per heavy atom. The second-order valence-electron chi connectivity index (χ2n) is 7.10. The summed E-state index contributed by atoms with van der Waals surface area (Å²) < 4.78 is 19.1. The first-order chi connectivity index (χ1) is 15.3. The SMILES string of the molecule is COc1ccc(F)cc1/C(O)=C1\C(=O)C(=O)N(c2ccccc2O)C1c1cccc(O)c1. The van der Waals surface area contributed by atoms with E-state index in [1.807, 2.05) is 0 Å². The third kappa shape index (κ3) is 3.41. The number of nitrogens with zero attached hydrogens (tertiary/aromatic N) is 1. The average molecular weight is 435 g/mol. The van der Waals surface area contributed by atoms with E-state index in [1.54, 1.807) is 18.2 Å². The molecule has 1 saturated heterocycles. The second-order valence-corrected chi connectivity index (χ2v) is 7.10. The molecular weight excluding hydrogens is 417 g/mol. The Labute approximate surface area is 182 Å². The maximum atomic E-state index is 14.0. The van der Waals surface area contributed by atoms with E-state index in [-0.39, 0.29) is 34.1 Å².